The molecule has 0 heterocycles. The highest BCUT2D eigenvalue weighted by atomic mass is 32.2. The molecule has 94 valence electrons. The van der Waals surface area contributed by atoms with Crippen LogP contribution in [0.15, 0.2) is 29.2 Å². The monoisotopic (exact) mass is 255 g/mol. The van der Waals surface area contributed by atoms with Gasteiger partial charge in [0.2, 0.25) is 10.0 Å². The molecule has 0 spiro atoms. The van der Waals surface area contributed by atoms with Crippen molar-refractivity contribution >= 4 is 10.0 Å². The van der Waals surface area contributed by atoms with Crippen molar-refractivity contribution in [3.8, 4) is 0 Å². The number of primary sulfonamides is 1. The molecular formula is C12H17NO3S. The number of aliphatic hydroxyl groups excluding tert-OH is 1. The molecule has 1 saturated carbocycles. The summed E-state index contributed by atoms with van der Waals surface area (Å²) in [5, 5.41) is 14.4. The Kier molecular flexibility index (Phi) is 3.51. The van der Waals surface area contributed by atoms with E-state index in [1.165, 1.54) is 6.07 Å². The van der Waals surface area contributed by atoms with Crippen LogP contribution >= 0.6 is 0 Å². The van der Waals surface area contributed by atoms with Gasteiger partial charge in [-0.15, -0.1) is 0 Å². The SMILES string of the molecule is NS(=O)(=O)c1cccc(C2CCCC2CO)c1. The minimum absolute atomic E-state index is 0.151. The normalized spacial score (nSPS) is 25.1. The maximum Gasteiger partial charge on any atom is 0.238 e. The Balaban J connectivity index is 2.33. The zero-order chi connectivity index (χ0) is 12.5. The summed E-state index contributed by atoms with van der Waals surface area (Å²) in [4.78, 5) is 0.151. The van der Waals surface area contributed by atoms with Crippen molar-refractivity contribution in [3.05, 3.63) is 29.8 Å². The van der Waals surface area contributed by atoms with Gasteiger partial charge in [-0.1, -0.05) is 18.6 Å². The molecule has 1 fully saturated rings. The molecule has 0 saturated heterocycles. The number of rotatable bonds is 3. The summed E-state index contributed by atoms with van der Waals surface area (Å²) in [5.41, 5.74) is 0.966. The fourth-order valence-electron chi connectivity index (χ4n) is 2.62. The lowest BCUT2D eigenvalue weighted by Gasteiger charge is -2.18. The summed E-state index contributed by atoms with van der Waals surface area (Å²) in [6.07, 6.45) is 3.08. The molecule has 0 amide bonds. The zero-order valence-corrected chi connectivity index (χ0v) is 10.4. The average molecular weight is 255 g/mol. The third-order valence-electron chi connectivity index (χ3n) is 3.51. The van der Waals surface area contributed by atoms with Crippen molar-refractivity contribution in [2.24, 2.45) is 11.1 Å². The fourth-order valence-corrected chi connectivity index (χ4v) is 3.18. The van der Waals surface area contributed by atoms with Crippen LogP contribution in [0.25, 0.3) is 0 Å². The second kappa shape index (κ2) is 4.76. The number of benzene rings is 1. The summed E-state index contributed by atoms with van der Waals surface area (Å²) < 4.78 is 22.6. The molecule has 2 unspecified atom stereocenters. The van der Waals surface area contributed by atoms with Gasteiger partial charge >= 0.3 is 0 Å². The molecule has 2 atom stereocenters. The molecule has 0 aromatic heterocycles. The summed E-state index contributed by atoms with van der Waals surface area (Å²) in [7, 11) is -3.64. The summed E-state index contributed by atoms with van der Waals surface area (Å²) in [6, 6.07) is 6.75. The second-order valence-corrected chi connectivity index (χ2v) is 6.16. The molecule has 0 bridgehead atoms. The lowest BCUT2D eigenvalue weighted by atomic mass is 9.89. The van der Waals surface area contributed by atoms with Crippen LogP contribution in [0.2, 0.25) is 0 Å². The molecule has 3 N–H and O–H groups in total. The van der Waals surface area contributed by atoms with Gasteiger partial charge in [0.25, 0.3) is 0 Å². The van der Waals surface area contributed by atoms with Gasteiger partial charge in [-0.3, -0.25) is 0 Å². The van der Waals surface area contributed by atoms with Crippen LogP contribution in [0.4, 0.5) is 0 Å². The number of sulfonamides is 1. The van der Waals surface area contributed by atoms with E-state index < -0.39 is 10.0 Å². The van der Waals surface area contributed by atoms with Crippen molar-refractivity contribution in [2.75, 3.05) is 6.61 Å². The smallest absolute Gasteiger partial charge is 0.238 e. The van der Waals surface area contributed by atoms with Gasteiger partial charge in [0, 0.05) is 6.61 Å². The predicted octanol–water partition coefficient (Wildman–Crippen LogP) is 1.21. The highest BCUT2D eigenvalue weighted by Crippen LogP contribution is 2.39. The van der Waals surface area contributed by atoms with Gasteiger partial charge in [-0.05, 0) is 42.4 Å². The standard InChI is InChI=1S/C12H17NO3S/c13-17(15,16)11-5-1-3-9(7-11)12-6-2-4-10(12)8-14/h1,3,5,7,10,12,14H,2,4,6,8H2,(H2,13,15,16). The van der Waals surface area contributed by atoms with Crippen LogP contribution in [-0.4, -0.2) is 20.1 Å². The molecule has 5 heteroatoms. The van der Waals surface area contributed by atoms with Crippen molar-refractivity contribution < 1.29 is 13.5 Å². The van der Waals surface area contributed by atoms with Crippen LogP contribution in [0.3, 0.4) is 0 Å². The summed E-state index contributed by atoms with van der Waals surface area (Å²) in [5.74, 6) is 0.493. The Labute approximate surface area is 102 Å². The molecule has 1 aromatic carbocycles. The quantitative estimate of drug-likeness (QED) is 0.852. The van der Waals surface area contributed by atoms with E-state index in [0.29, 0.717) is 0 Å². The van der Waals surface area contributed by atoms with E-state index in [4.69, 9.17) is 5.14 Å². The van der Waals surface area contributed by atoms with E-state index in [1.807, 2.05) is 6.07 Å². The highest BCUT2D eigenvalue weighted by molar-refractivity contribution is 7.89. The van der Waals surface area contributed by atoms with Gasteiger partial charge < -0.3 is 5.11 Å². The largest absolute Gasteiger partial charge is 0.396 e. The molecule has 0 aliphatic heterocycles. The van der Waals surface area contributed by atoms with E-state index in [2.05, 4.69) is 0 Å². The minimum atomic E-state index is -3.64. The van der Waals surface area contributed by atoms with E-state index >= 15 is 0 Å². The lowest BCUT2D eigenvalue weighted by Crippen LogP contribution is -2.14. The topological polar surface area (TPSA) is 80.4 Å². The maximum atomic E-state index is 11.3. The number of hydrogen-bond donors (Lipinski definition) is 2. The van der Waals surface area contributed by atoms with Gasteiger partial charge in [0.15, 0.2) is 0 Å². The first-order valence-electron chi connectivity index (χ1n) is 5.76. The molecule has 1 aliphatic rings. The molecule has 4 nitrogen and oxygen atoms in total. The first kappa shape index (κ1) is 12.5. The Morgan fingerprint density at radius 3 is 2.76 bits per heavy atom. The van der Waals surface area contributed by atoms with Gasteiger partial charge in [0.1, 0.15) is 0 Å². The van der Waals surface area contributed by atoms with Gasteiger partial charge in [-0.25, -0.2) is 13.6 Å². The predicted molar refractivity (Wildman–Crippen MR) is 65.0 cm³/mol. The van der Waals surface area contributed by atoms with E-state index in [0.717, 1.165) is 24.8 Å². The van der Waals surface area contributed by atoms with Crippen molar-refractivity contribution in [3.63, 3.8) is 0 Å². The Hall–Kier alpha value is -0.910. The molecule has 1 aliphatic carbocycles. The van der Waals surface area contributed by atoms with E-state index in [-0.39, 0.29) is 23.3 Å². The molecule has 17 heavy (non-hydrogen) atoms. The average Bonchev–Trinajstić information content (AvgIpc) is 2.76. The highest BCUT2D eigenvalue weighted by Gasteiger charge is 2.28. The fraction of sp³-hybridized carbons (Fsp3) is 0.500. The second-order valence-electron chi connectivity index (χ2n) is 4.60. The van der Waals surface area contributed by atoms with Crippen LogP contribution in [0.1, 0.15) is 30.7 Å². The molecule has 2 rings (SSSR count). The minimum Gasteiger partial charge on any atom is -0.396 e. The van der Waals surface area contributed by atoms with Crippen molar-refractivity contribution in [2.45, 2.75) is 30.1 Å². The third kappa shape index (κ3) is 2.68. The summed E-state index contributed by atoms with van der Waals surface area (Å²) in [6.45, 7) is 0.157. The van der Waals surface area contributed by atoms with Crippen LogP contribution in [-0.2, 0) is 10.0 Å². The van der Waals surface area contributed by atoms with Crippen LogP contribution < -0.4 is 5.14 Å². The summed E-state index contributed by atoms with van der Waals surface area (Å²) >= 11 is 0. The third-order valence-corrected chi connectivity index (χ3v) is 4.42. The van der Waals surface area contributed by atoms with Crippen LogP contribution in [0, 0.1) is 5.92 Å². The maximum absolute atomic E-state index is 11.3. The molecule has 0 radical (unpaired) electrons. The molecular weight excluding hydrogens is 238 g/mol. The molecule has 1 aromatic rings. The Bertz CT molecular complexity index is 498. The van der Waals surface area contributed by atoms with Gasteiger partial charge in [0.05, 0.1) is 4.90 Å². The number of nitrogens with two attached hydrogens (primary N) is 1. The van der Waals surface area contributed by atoms with Crippen LogP contribution in [0.5, 0.6) is 0 Å². The zero-order valence-electron chi connectivity index (χ0n) is 9.54. The first-order chi connectivity index (χ1) is 8.02. The Morgan fingerprint density at radius 1 is 1.35 bits per heavy atom. The number of aliphatic hydroxyl groups is 1. The van der Waals surface area contributed by atoms with Crippen molar-refractivity contribution in [1.82, 2.24) is 0 Å². The van der Waals surface area contributed by atoms with Crippen molar-refractivity contribution in [1.29, 1.82) is 0 Å². The Morgan fingerprint density at radius 2 is 2.12 bits per heavy atom. The number of hydrogen-bond acceptors (Lipinski definition) is 3. The lowest BCUT2D eigenvalue weighted by molar-refractivity contribution is 0.217. The van der Waals surface area contributed by atoms with E-state index in [1.54, 1.807) is 12.1 Å². The van der Waals surface area contributed by atoms with Gasteiger partial charge in [-0.2, -0.15) is 0 Å². The van der Waals surface area contributed by atoms with E-state index in [9.17, 15) is 13.5 Å². The first-order valence-corrected chi connectivity index (χ1v) is 7.30.